The highest BCUT2D eigenvalue weighted by Crippen LogP contribution is 2.13. The molecule has 0 radical (unpaired) electrons. The van der Waals surface area contributed by atoms with Crippen molar-refractivity contribution in [1.29, 1.82) is 0 Å². The van der Waals surface area contributed by atoms with Gasteiger partial charge in [-0.05, 0) is 24.3 Å². The number of hydrogen-bond acceptors (Lipinski definition) is 2. The summed E-state index contributed by atoms with van der Waals surface area (Å²) in [6.45, 7) is 1.34. The molecule has 0 aliphatic heterocycles. The lowest BCUT2D eigenvalue weighted by Crippen LogP contribution is -2.34. The van der Waals surface area contributed by atoms with Crippen LogP contribution in [-0.2, 0) is 9.59 Å². The summed E-state index contributed by atoms with van der Waals surface area (Å²) in [7, 11) is 0. The van der Waals surface area contributed by atoms with Crippen LogP contribution in [0.2, 0.25) is 0 Å². The smallest absolute Gasteiger partial charge is 0.274 e. The molecule has 2 rings (SSSR count). The van der Waals surface area contributed by atoms with Crippen LogP contribution in [0.4, 0.5) is 5.69 Å². The second-order valence-corrected chi connectivity index (χ2v) is 4.11. The van der Waals surface area contributed by atoms with Crippen molar-refractivity contribution in [2.45, 2.75) is 6.92 Å². The van der Waals surface area contributed by atoms with Gasteiger partial charge >= 0.3 is 5.91 Å². The second kappa shape index (κ2) is 6.35. The number of hydrogen-bond donors (Lipinski definition) is 0. The lowest BCUT2D eigenvalue weighted by molar-refractivity contribution is -0.122. The maximum Gasteiger partial charge on any atom is 0.310 e. The van der Waals surface area contributed by atoms with Crippen LogP contribution in [0.3, 0.4) is 0 Å². The summed E-state index contributed by atoms with van der Waals surface area (Å²) in [5, 5.41) is 0. The van der Waals surface area contributed by atoms with E-state index in [1.807, 2.05) is 24.3 Å². The van der Waals surface area contributed by atoms with Crippen molar-refractivity contribution in [3.05, 3.63) is 66.2 Å². The number of para-hydroxylation sites is 1. The van der Waals surface area contributed by atoms with Crippen LogP contribution in [0.15, 0.2) is 60.7 Å². The van der Waals surface area contributed by atoms with Gasteiger partial charge in [-0.3, -0.25) is 9.59 Å². The maximum atomic E-state index is 12.1. The summed E-state index contributed by atoms with van der Waals surface area (Å²) < 4.78 is 0. The van der Waals surface area contributed by atoms with Gasteiger partial charge < -0.3 is 0 Å². The van der Waals surface area contributed by atoms with Gasteiger partial charge in [-0.2, -0.15) is 0 Å². The van der Waals surface area contributed by atoms with Crippen LogP contribution >= 0.6 is 0 Å². The predicted molar refractivity (Wildman–Crippen MR) is 77.9 cm³/mol. The van der Waals surface area contributed by atoms with E-state index in [0.717, 1.165) is 10.5 Å². The van der Waals surface area contributed by atoms with Crippen molar-refractivity contribution in [2.24, 2.45) is 0 Å². The largest absolute Gasteiger partial charge is 0.310 e. The van der Waals surface area contributed by atoms with E-state index < -0.39 is 5.91 Å². The standard InChI is InChI=1S/C17H13NO2/c1-14(19)18(16-10-6-3-7-11-16)17(20)13-12-15-8-4-2-5-9-15/h2-11H,1H3. The van der Waals surface area contributed by atoms with Crippen LogP contribution in [0.25, 0.3) is 0 Å². The molecule has 2 amide bonds. The Morgan fingerprint density at radius 2 is 1.45 bits per heavy atom. The van der Waals surface area contributed by atoms with E-state index in [0.29, 0.717) is 5.69 Å². The maximum absolute atomic E-state index is 12.1. The molecule has 0 heterocycles. The topological polar surface area (TPSA) is 37.4 Å². The van der Waals surface area contributed by atoms with Gasteiger partial charge in [0.2, 0.25) is 5.91 Å². The summed E-state index contributed by atoms with van der Waals surface area (Å²) in [5.74, 6) is 4.36. The molecule has 0 aromatic heterocycles. The van der Waals surface area contributed by atoms with E-state index >= 15 is 0 Å². The first-order chi connectivity index (χ1) is 9.68. The first kappa shape index (κ1) is 13.6. The van der Waals surface area contributed by atoms with Gasteiger partial charge in [0, 0.05) is 18.4 Å². The van der Waals surface area contributed by atoms with Crippen molar-refractivity contribution in [3.8, 4) is 11.8 Å². The zero-order valence-electron chi connectivity index (χ0n) is 11.0. The molecule has 0 N–H and O–H groups in total. The van der Waals surface area contributed by atoms with Crippen molar-refractivity contribution >= 4 is 17.5 Å². The lowest BCUT2D eigenvalue weighted by Gasteiger charge is -2.15. The molecule has 0 saturated carbocycles. The molecule has 0 saturated heterocycles. The van der Waals surface area contributed by atoms with Crippen molar-refractivity contribution in [3.63, 3.8) is 0 Å². The highest BCUT2D eigenvalue weighted by atomic mass is 16.2. The monoisotopic (exact) mass is 263 g/mol. The Bertz CT molecular complexity index is 666. The third-order valence-electron chi connectivity index (χ3n) is 2.62. The van der Waals surface area contributed by atoms with Gasteiger partial charge in [0.05, 0.1) is 5.69 Å². The van der Waals surface area contributed by atoms with Gasteiger partial charge in [0.1, 0.15) is 0 Å². The number of nitrogens with zero attached hydrogens (tertiary/aromatic N) is 1. The average Bonchev–Trinajstić information content (AvgIpc) is 2.47. The number of carbonyl (C=O) groups excluding carboxylic acids is 2. The Labute approximate surface area is 117 Å². The van der Waals surface area contributed by atoms with E-state index in [2.05, 4.69) is 11.8 Å². The normalized spacial score (nSPS) is 9.25. The molecule has 0 fully saturated rings. The zero-order chi connectivity index (χ0) is 14.4. The van der Waals surface area contributed by atoms with Gasteiger partial charge in [-0.15, -0.1) is 0 Å². The molecule has 0 bridgehead atoms. The van der Waals surface area contributed by atoms with E-state index in [9.17, 15) is 9.59 Å². The summed E-state index contributed by atoms with van der Waals surface area (Å²) in [6.07, 6.45) is 0. The number of anilines is 1. The fourth-order valence-corrected chi connectivity index (χ4v) is 1.72. The molecule has 20 heavy (non-hydrogen) atoms. The van der Waals surface area contributed by atoms with Gasteiger partial charge in [-0.25, -0.2) is 4.90 Å². The minimum absolute atomic E-state index is 0.358. The molecule has 0 spiro atoms. The van der Waals surface area contributed by atoms with Crippen LogP contribution in [0, 0.1) is 11.8 Å². The molecule has 2 aromatic rings. The first-order valence-corrected chi connectivity index (χ1v) is 6.15. The minimum Gasteiger partial charge on any atom is -0.274 e. The minimum atomic E-state index is -0.535. The highest BCUT2D eigenvalue weighted by Gasteiger charge is 2.17. The second-order valence-electron chi connectivity index (χ2n) is 4.11. The molecule has 98 valence electrons. The Hall–Kier alpha value is -2.86. The van der Waals surface area contributed by atoms with Crippen LogP contribution in [0.5, 0.6) is 0 Å². The van der Waals surface area contributed by atoms with E-state index in [-0.39, 0.29) is 5.91 Å². The number of amides is 2. The summed E-state index contributed by atoms with van der Waals surface area (Å²) in [5.41, 5.74) is 1.25. The van der Waals surface area contributed by atoms with Crippen LogP contribution < -0.4 is 4.90 Å². The average molecular weight is 263 g/mol. The molecule has 0 aliphatic carbocycles. The quantitative estimate of drug-likeness (QED) is 0.742. The van der Waals surface area contributed by atoms with Gasteiger partial charge in [0.15, 0.2) is 0 Å². The van der Waals surface area contributed by atoms with Crippen molar-refractivity contribution < 1.29 is 9.59 Å². The fraction of sp³-hybridized carbons (Fsp3) is 0.0588. The summed E-state index contributed by atoms with van der Waals surface area (Å²) >= 11 is 0. The molecule has 3 heteroatoms. The van der Waals surface area contributed by atoms with Crippen LogP contribution in [0.1, 0.15) is 12.5 Å². The SMILES string of the molecule is CC(=O)N(C(=O)C#Cc1ccccc1)c1ccccc1. The zero-order valence-corrected chi connectivity index (χ0v) is 11.0. The Morgan fingerprint density at radius 3 is 2.00 bits per heavy atom. The number of benzene rings is 2. The van der Waals surface area contributed by atoms with Gasteiger partial charge in [0.25, 0.3) is 0 Å². The van der Waals surface area contributed by atoms with Crippen LogP contribution in [-0.4, -0.2) is 11.8 Å². The summed E-state index contributed by atoms with van der Waals surface area (Å²) in [6, 6.07) is 17.9. The van der Waals surface area contributed by atoms with E-state index in [1.165, 1.54) is 6.92 Å². The summed E-state index contributed by atoms with van der Waals surface area (Å²) in [4.78, 5) is 24.8. The first-order valence-electron chi connectivity index (χ1n) is 6.15. The molecule has 0 atom stereocenters. The van der Waals surface area contributed by atoms with Gasteiger partial charge in [-0.1, -0.05) is 42.3 Å². The number of rotatable bonds is 1. The molecule has 0 aliphatic rings. The van der Waals surface area contributed by atoms with Crippen molar-refractivity contribution in [1.82, 2.24) is 0 Å². The number of imide groups is 1. The highest BCUT2D eigenvalue weighted by molar-refractivity contribution is 6.20. The molecular formula is C17H13NO2. The Morgan fingerprint density at radius 1 is 0.900 bits per heavy atom. The predicted octanol–water partition coefficient (Wildman–Crippen LogP) is 2.62. The Kier molecular flexibility index (Phi) is 4.31. The third-order valence-corrected chi connectivity index (χ3v) is 2.62. The van der Waals surface area contributed by atoms with Crippen molar-refractivity contribution in [2.75, 3.05) is 4.90 Å². The fourth-order valence-electron chi connectivity index (χ4n) is 1.72. The van der Waals surface area contributed by atoms with E-state index in [1.54, 1.807) is 36.4 Å². The molecule has 0 unspecified atom stereocenters. The lowest BCUT2D eigenvalue weighted by atomic mass is 10.2. The molecular weight excluding hydrogens is 250 g/mol. The third kappa shape index (κ3) is 3.33. The van der Waals surface area contributed by atoms with E-state index in [4.69, 9.17) is 0 Å². The Balaban J connectivity index is 2.26. The molecule has 3 nitrogen and oxygen atoms in total. The molecule has 2 aromatic carbocycles. The number of carbonyl (C=O) groups is 2.